The van der Waals surface area contributed by atoms with Crippen LogP contribution in [-0.2, 0) is 10.2 Å². The van der Waals surface area contributed by atoms with Crippen molar-refractivity contribution in [3.63, 3.8) is 0 Å². The molecule has 3 aliphatic rings. The van der Waals surface area contributed by atoms with E-state index in [1.165, 1.54) is 0 Å². The highest BCUT2D eigenvalue weighted by molar-refractivity contribution is 6.30. The smallest absolute Gasteiger partial charge is 0.274 e. The van der Waals surface area contributed by atoms with Crippen LogP contribution in [0.5, 0.6) is 0 Å². The molecule has 2 aliphatic carbocycles. The summed E-state index contributed by atoms with van der Waals surface area (Å²) in [6.45, 7) is 1.93. The molecular weight excluding hydrogens is 322 g/mol. The number of rotatable bonds is 5. The molecular formula is C17H19ClF2N2O. The molecule has 1 aliphatic heterocycles. The van der Waals surface area contributed by atoms with Gasteiger partial charge in [-0.2, -0.15) is 0 Å². The van der Waals surface area contributed by atoms with E-state index >= 15 is 0 Å². The van der Waals surface area contributed by atoms with E-state index in [1.54, 1.807) is 18.2 Å². The fourth-order valence-electron chi connectivity index (χ4n) is 3.50. The molecule has 0 bridgehead atoms. The molecule has 0 spiro atoms. The SMILES string of the molecule is O=C(NC1(CN2CCC2)CC1(F)F)C1(c2cccc(Cl)c2)CC1. The Morgan fingerprint density at radius 3 is 2.48 bits per heavy atom. The van der Waals surface area contributed by atoms with E-state index in [0.717, 1.165) is 25.1 Å². The van der Waals surface area contributed by atoms with Crippen LogP contribution < -0.4 is 5.32 Å². The van der Waals surface area contributed by atoms with Gasteiger partial charge >= 0.3 is 0 Å². The van der Waals surface area contributed by atoms with Gasteiger partial charge in [-0.15, -0.1) is 0 Å². The van der Waals surface area contributed by atoms with Crippen molar-refractivity contribution >= 4 is 17.5 Å². The predicted molar refractivity (Wildman–Crippen MR) is 83.9 cm³/mol. The Morgan fingerprint density at radius 2 is 2.00 bits per heavy atom. The maximum absolute atomic E-state index is 13.9. The summed E-state index contributed by atoms with van der Waals surface area (Å²) in [6, 6.07) is 7.17. The molecule has 1 aromatic rings. The van der Waals surface area contributed by atoms with Gasteiger partial charge in [-0.3, -0.25) is 4.79 Å². The lowest BCUT2D eigenvalue weighted by molar-refractivity contribution is -0.126. The van der Waals surface area contributed by atoms with Crippen molar-refractivity contribution in [3.8, 4) is 0 Å². The Balaban J connectivity index is 1.52. The summed E-state index contributed by atoms with van der Waals surface area (Å²) in [5.74, 6) is -3.08. The van der Waals surface area contributed by atoms with Gasteiger partial charge in [0.05, 0.1) is 5.41 Å². The van der Waals surface area contributed by atoms with Gasteiger partial charge in [0.15, 0.2) is 0 Å². The van der Waals surface area contributed by atoms with Gasteiger partial charge in [0.2, 0.25) is 5.91 Å². The van der Waals surface area contributed by atoms with E-state index in [4.69, 9.17) is 11.6 Å². The molecule has 4 rings (SSSR count). The second-order valence-corrected chi connectivity index (χ2v) is 7.58. The highest BCUT2D eigenvalue weighted by Gasteiger charge is 2.73. The molecule has 23 heavy (non-hydrogen) atoms. The molecule has 1 unspecified atom stereocenters. The Hall–Kier alpha value is -1.20. The van der Waals surface area contributed by atoms with Crippen LogP contribution in [0.25, 0.3) is 0 Å². The number of hydrogen-bond acceptors (Lipinski definition) is 2. The summed E-state index contributed by atoms with van der Waals surface area (Å²) in [4.78, 5) is 14.8. The average molecular weight is 341 g/mol. The Labute approximate surface area is 139 Å². The third-order valence-electron chi connectivity index (χ3n) is 5.46. The van der Waals surface area contributed by atoms with Crippen molar-refractivity contribution in [1.82, 2.24) is 10.2 Å². The van der Waals surface area contributed by atoms with Crippen molar-refractivity contribution in [2.75, 3.05) is 19.6 Å². The third kappa shape index (κ3) is 2.45. The van der Waals surface area contributed by atoms with Crippen LogP contribution >= 0.6 is 11.6 Å². The Morgan fingerprint density at radius 1 is 1.30 bits per heavy atom. The van der Waals surface area contributed by atoms with E-state index in [-0.39, 0.29) is 18.9 Å². The first-order chi connectivity index (χ1) is 10.9. The van der Waals surface area contributed by atoms with Crippen molar-refractivity contribution in [2.24, 2.45) is 0 Å². The van der Waals surface area contributed by atoms with Crippen LogP contribution in [0.15, 0.2) is 24.3 Å². The van der Waals surface area contributed by atoms with E-state index in [1.807, 2.05) is 11.0 Å². The maximum atomic E-state index is 13.9. The van der Waals surface area contributed by atoms with Gasteiger partial charge in [0.1, 0.15) is 5.54 Å². The molecule has 3 fully saturated rings. The molecule has 0 radical (unpaired) electrons. The summed E-state index contributed by atoms with van der Waals surface area (Å²) in [5, 5.41) is 3.27. The maximum Gasteiger partial charge on any atom is 0.274 e. The van der Waals surface area contributed by atoms with Crippen LogP contribution in [0.4, 0.5) is 8.78 Å². The quantitative estimate of drug-likeness (QED) is 0.893. The minimum Gasteiger partial charge on any atom is -0.342 e. The predicted octanol–water partition coefficient (Wildman–Crippen LogP) is 2.97. The highest BCUT2D eigenvalue weighted by Crippen LogP contribution is 2.56. The zero-order valence-electron chi connectivity index (χ0n) is 12.7. The number of nitrogens with zero attached hydrogens (tertiary/aromatic N) is 1. The molecule has 2 saturated carbocycles. The number of carbonyl (C=O) groups excluding carboxylic acids is 1. The molecule has 1 N–H and O–H groups in total. The van der Waals surface area contributed by atoms with E-state index in [0.29, 0.717) is 17.9 Å². The second-order valence-electron chi connectivity index (χ2n) is 7.14. The van der Waals surface area contributed by atoms with E-state index < -0.39 is 16.9 Å². The Kier molecular flexibility index (Phi) is 3.27. The molecule has 6 heteroatoms. The molecule has 124 valence electrons. The summed E-state index contributed by atoms with van der Waals surface area (Å²) >= 11 is 6.01. The van der Waals surface area contributed by atoms with Gasteiger partial charge in [0, 0.05) is 18.0 Å². The molecule has 1 heterocycles. The molecule has 3 nitrogen and oxygen atoms in total. The number of nitrogens with one attached hydrogen (secondary N) is 1. The van der Waals surface area contributed by atoms with Gasteiger partial charge in [0.25, 0.3) is 5.92 Å². The summed E-state index contributed by atoms with van der Waals surface area (Å²) in [6.07, 6.45) is 2.16. The minimum atomic E-state index is -2.80. The summed E-state index contributed by atoms with van der Waals surface area (Å²) in [5.41, 5.74) is -1.23. The zero-order chi connectivity index (χ0) is 16.3. The number of benzene rings is 1. The fraction of sp³-hybridized carbons (Fsp3) is 0.588. The molecule has 0 aromatic heterocycles. The van der Waals surface area contributed by atoms with Gasteiger partial charge in [-0.1, -0.05) is 23.7 Å². The number of amides is 1. The second kappa shape index (κ2) is 4.90. The number of carbonyl (C=O) groups is 1. The molecule has 1 aromatic carbocycles. The van der Waals surface area contributed by atoms with Gasteiger partial charge in [-0.05, 0) is 50.0 Å². The molecule has 1 atom stereocenters. The lowest BCUT2D eigenvalue weighted by Crippen LogP contribution is -2.54. The number of alkyl halides is 2. The first-order valence-corrected chi connectivity index (χ1v) is 8.44. The van der Waals surface area contributed by atoms with E-state index in [9.17, 15) is 13.6 Å². The van der Waals surface area contributed by atoms with E-state index in [2.05, 4.69) is 5.32 Å². The van der Waals surface area contributed by atoms with Crippen LogP contribution in [0.2, 0.25) is 5.02 Å². The number of hydrogen-bond donors (Lipinski definition) is 1. The zero-order valence-corrected chi connectivity index (χ0v) is 13.5. The first kappa shape index (κ1) is 15.3. The van der Waals surface area contributed by atoms with Crippen molar-refractivity contribution in [3.05, 3.63) is 34.9 Å². The molecule has 1 amide bonds. The molecule has 1 saturated heterocycles. The van der Waals surface area contributed by atoms with Crippen molar-refractivity contribution < 1.29 is 13.6 Å². The lowest BCUT2D eigenvalue weighted by atomic mass is 9.94. The minimum absolute atomic E-state index is 0.247. The van der Waals surface area contributed by atoms with Crippen LogP contribution in [-0.4, -0.2) is 41.9 Å². The number of likely N-dealkylation sites (tertiary alicyclic amines) is 1. The fourth-order valence-corrected chi connectivity index (χ4v) is 3.69. The monoisotopic (exact) mass is 340 g/mol. The summed E-state index contributed by atoms with van der Waals surface area (Å²) < 4.78 is 27.9. The summed E-state index contributed by atoms with van der Waals surface area (Å²) in [7, 11) is 0. The van der Waals surface area contributed by atoms with Gasteiger partial charge in [-0.25, -0.2) is 8.78 Å². The van der Waals surface area contributed by atoms with Crippen molar-refractivity contribution in [2.45, 2.75) is 42.6 Å². The first-order valence-electron chi connectivity index (χ1n) is 8.06. The van der Waals surface area contributed by atoms with Crippen LogP contribution in [0.1, 0.15) is 31.2 Å². The van der Waals surface area contributed by atoms with Gasteiger partial charge < -0.3 is 10.2 Å². The third-order valence-corrected chi connectivity index (χ3v) is 5.69. The standard InChI is InChI=1S/C17H19ClF2N2O/c18-13-4-1-3-12(9-13)15(5-6-15)14(23)21-16(10-17(16,19)20)11-22-7-2-8-22/h1,3-4,9H,2,5-8,10-11H2,(H,21,23). The van der Waals surface area contributed by atoms with Crippen LogP contribution in [0, 0.1) is 0 Å². The average Bonchev–Trinajstić information content (AvgIpc) is 3.32. The normalized spacial score (nSPS) is 30.4. The van der Waals surface area contributed by atoms with Crippen molar-refractivity contribution in [1.29, 1.82) is 0 Å². The largest absolute Gasteiger partial charge is 0.342 e. The number of halogens is 3. The Bertz CT molecular complexity index is 658. The lowest BCUT2D eigenvalue weighted by Gasteiger charge is -2.35. The highest BCUT2D eigenvalue weighted by atomic mass is 35.5. The van der Waals surface area contributed by atoms with Crippen LogP contribution in [0.3, 0.4) is 0 Å². The topological polar surface area (TPSA) is 32.3 Å².